The molecule has 0 radical (unpaired) electrons. The van der Waals surface area contributed by atoms with Crippen LogP contribution in [0.2, 0.25) is 0 Å². The lowest BCUT2D eigenvalue weighted by atomic mass is 10.2. The van der Waals surface area contributed by atoms with Gasteiger partial charge in [-0.2, -0.15) is 0 Å². The first-order chi connectivity index (χ1) is 9.58. The molecular weight excluding hydrogens is 263 g/mol. The van der Waals surface area contributed by atoms with E-state index >= 15 is 0 Å². The van der Waals surface area contributed by atoms with Crippen LogP contribution in [0, 0.1) is 5.82 Å². The number of nitrogens with zero attached hydrogens (tertiary/aromatic N) is 1. The SMILES string of the molecule is O=C(O)[C@H]1CCCN1C(=O)c1cc2c(F)cccc2[nH]1. The number of halogens is 1. The number of nitrogens with one attached hydrogen (secondary N) is 1. The van der Waals surface area contributed by atoms with Gasteiger partial charge >= 0.3 is 5.97 Å². The minimum absolute atomic E-state index is 0.221. The predicted octanol–water partition coefficient (Wildman–Crippen LogP) is 2.00. The zero-order chi connectivity index (χ0) is 14.3. The lowest BCUT2D eigenvalue weighted by Crippen LogP contribution is -2.40. The van der Waals surface area contributed by atoms with E-state index in [4.69, 9.17) is 5.11 Å². The molecule has 0 saturated carbocycles. The van der Waals surface area contributed by atoms with Gasteiger partial charge in [-0.25, -0.2) is 9.18 Å². The summed E-state index contributed by atoms with van der Waals surface area (Å²) < 4.78 is 13.6. The van der Waals surface area contributed by atoms with E-state index in [-0.39, 0.29) is 5.69 Å². The second kappa shape index (κ2) is 4.63. The van der Waals surface area contributed by atoms with Crippen LogP contribution in [0.4, 0.5) is 4.39 Å². The monoisotopic (exact) mass is 276 g/mol. The molecule has 1 aromatic carbocycles. The van der Waals surface area contributed by atoms with E-state index in [0.29, 0.717) is 30.3 Å². The molecule has 3 rings (SSSR count). The van der Waals surface area contributed by atoms with Gasteiger partial charge in [0.2, 0.25) is 0 Å². The number of benzene rings is 1. The van der Waals surface area contributed by atoms with Crippen LogP contribution in [0.3, 0.4) is 0 Å². The number of aromatic amines is 1. The average Bonchev–Trinajstić information content (AvgIpc) is 3.05. The van der Waals surface area contributed by atoms with Gasteiger partial charge in [-0.3, -0.25) is 4.79 Å². The quantitative estimate of drug-likeness (QED) is 0.881. The van der Waals surface area contributed by atoms with Crippen molar-refractivity contribution in [3.05, 3.63) is 35.8 Å². The third kappa shape index (κ3) is 1.93. The molecule has 104 valence electrons. The second-order valence-corrected chi connectivity index (χ2v) is 4.88. The van der Waals surface area contributed by atoms with E-state index in [9.17, 15) is 14.0 Å². The fourth-order valence-electron chi connectivity index (χ4n) is 2.65. The Morgan fingerprint density at radius 3 is 2.90 bits per heavy atom. The molecule has 1 aliphatic heterocycles. The number of likely N-dealkylation sites (tertiary alicyclic amines) is 1. The maximum absolute atomic E-state index is 13.6. The molecule has 2 N–H and O–H groups in total. The largest absolute Gasteiger partial charge is 0.480 e. The Balaban J connectivity index is 1.96. The van der Waals surface area contributed by atoms with Crippen molar-refractivity contribution in [1.82, 2.24) is 9.88 Å². The number of carboxylic acids is 1. The van der Waals surface area contributed by atoms with Crippen molar-refractivity contribution in [2.45, 2.75) is 18.9 Å². The summed E-state index contributed by atoms with van der Waals surface area (Å²) in [7, 11) is 0. The first-order valence-corrected chi connectivity index (χ1v) is 6.39. The van der Waals surface area contributed by atoms with Crippen molar-refractivity contribution >= 4 is 22.8 Å². The number of carbonyl (C=O) groups is 2. The molecule has 0 spiro atoms. The lowest BCUT2D eigenvalue weighted by molar-refractivity contribution is -0.141. The highest BCUT2D eigenvalue weighted by molar-refractivity contribution is 6.00. The van der Waals surface area contributed by atoms with Crippen LogP contribution in [0.25, 0.3) is 10.9 Å². The number of aliphatic carboxylic acids is 1. The number of rotatable bonds is 2. The Labute approximate surface area is 114 Å². The molecular formula is C14H13FN2O3. The summed E-state index contributed by atoms with van der Waals surface area (Å²) >= 11 is 0. The van der Waals surface area contributed by atoms with E-state index in [2.05, 4.69) is 4.98 Å². The van der Waals surface area contributed by atoms with Crippen LogP contribution in [-0.4, -0.2) is 39.5 Å². The van der Waals surface area contributed by atoms with Gasteiger partial charge in [0.05, 0.1) is 0 Å². The molecule has 1 aliphatic rings. The van der Waals surface area contributed by atoms with E-state index in [1.54, 1.807) is 12.1 Å². The van der Waals surface area contributed by atoms with E-state index in [0.717, 1.165) is 0 Å². The number of carboxylic acid groups (broad SMARTS) is 1. The molecule has 1 saturated heterocycles. The topological polar surface area (TPSA) is 73.4 Å². The van der Waals surface area contributed by atoms with Crippen LogP contribution in [0.1, 0.15) is 23.3 Å². The number of fused-ring (bicyclic) bond motifs is 1. The smallest absolute Gasteiger partial charge is 0.326 e. The Morgan fingerprint density at radius 2 is 2.20 bits per heavy atom. The summed E-state index contributed by atoms with van der Waals surface area (Å²) in [6.45, 7) is 0.410. The summed E-state index contributed by atoms with van der Waals surface area (Å²) in [5, 5.41) is 9.43. The summed E-state index contributed by atoms with van der Waals surface area (Å²) in [6, 6.07) is 5.19. The molecule has 2 heterocycles. The Hall–Kier alpha value is -2.37. The third-order valence-corrected chi connectivity index (χ3v) is 3.64. The molecule has 5 nitrogen and oxygen atoms in total. The number of hydrogen-bond acceptors (Lipinski definition) is 2. The van der Waals surface area contributed by atoms with Gasteiger partial charge in [-0.15, -0.1) is 0 Å². The van der Waals surface area contributed by atoms with Gasteiger partial charge < -0.3 is 15.0 Å². The highest BCUT2D eigenvalue weighted by atomic mass is 19.1. The standard InChI is InChI=1S/C14H13FN2O3/c15-9-3-1-4-10-8(9)7-11(16-10)13(18)17-6-2-5-12(17)14(19)20/h1,3-4,7,12,16H,2,5-6H2,(H,19,20)/t12-/m1/s1. The highest BCUT2D eigenvalue weighted by Gasteiger charge is 2.35. The molecule has 1 aromatic heterocycles. The lowest BCUT2D eigenvalue weighted by Gasteiger charge is -2.20. The zero-order valence-corrected chi connectivity index (χ0v) is 10.6. The molecule has 1 atom stereocenters. The van der Waals surface area contributed by atoms with Gasteiger partial charge in [0.25, 0.3) is 5.91 Å². The van der Waals surface area contributed by atoms with Gasteiger partial charge in [-0.05, 0) is 31.0 Å². The predicted molar refractivity (Wildman–Crippen MR) is 70.0 cm³/mol. The van der Waals surface area contributed by atoms with E-state index < -0.39 is 23.7 Å². The molecule has 1 fully saturated rings. The average molecular weight is 276 g/mol. The van der Waals surface area contributed by atoms with Crippen LogP contribution in [0.5, 0.6) is 0 Å². The number of carbonyl (C=O) groups excluding carboxylic acids is 1. The molecule has 1 amide bonds. The van der Waals surface area contributed by atoms with Crippen LogP contribution in [0.15, 0.2) is 24.3 Å². The summed E-state index contributed by atoms with van der Waals surface area (Å²) in [6.07, 6.45) is 1.12. The van der Waals surface area contributed by atoms with Crippen LogP contribution >= 0.6 is 0 Å². The van der Waals surface area contributed by atoms with Crippen molar-refractivity contribution in [1.29, 1.82) is 0 Å². The summed E-state index contributed by atoms with van der Waals surface area (Å²) in [4.78, 5) is 27.6. The van der Waals surface area contributed by atoms with Gasteiger partial charge in [-0.1, -0.05) is 6.07 Å². The van der Waals surface area contributed by atoms with Crippen LogP contribution < -0.4 is 0 Å². The van der Waals surface area contributed by atoms with Crippen molar-refractivity contribution in [2.75, 3.05) is 6.54 Å². The maximum Gasteiger partial charge on any atom is 0.326 e. The van der Waals surface area contributed by atoms with Gasteiger partial charge in [0, 0.05) is 17.4 Å². The summed E-state index contributed by atoms with van der Waals surface area (Å²) in [5.41, 5.74) is 0.748. The Kier molecular flexibility index (Phi) is 2.93. The van der Waals surface area contributed by atoms with Gasteiger partial charge in [0.1, 0.15) is 17.6 Å². The van der Waals surface area contributed by atoms with E-state index in [1.165, 1.54) is 17.0 Å². The van der Waals surface area contributed by atoms with Crippen LogP contribution in [-0.2, 0) is 4.79 Å². The number of amides is 1. The fraction of sp³-hybridized carbons (Fsp3) is 0.286. The summed E-state index contributed by atoms with van der Waals surface area (Å²) in [5.74, 6) is -1.81. The first-order valence-electron chi connectivity index (χ1n) is 6.39. The Morgan fingerprint density at radius 1 is 1.40 bits per heavy atom. The van der Waals surface area contributed by atoms with Gasteiger partial charge in [0.15, 0.2) is 0 Å². The van der Waals surface area contributed by atoms with Crippen molar-refractivity contribution in [3.63, 3.8) is 0 Å². The number of H-pyrrole nitrogens is 1. The second-order valence-electron chi connectivity index (χ2n) is 4.88. The van der Waals surface area contributed by atoms with Crippen molar-refractivity contribution < 1.29 is 19.1 Å². The van der Waals surface area contributed by atoms with Crippen molar-refractivity contribution in [2.24, 2.45) is 0 Å². The molecule has 6 heteroatoms. The third-order valence-electron chi connectivity index (χ3n) is 3.64. The minimum atomic E-state index is -1.00. The number of aromatic nitrogens is 1. The molecule has 0 unspecified atom stereocenters. The van der Waals surface area contributed by atoms with E-state index in [1.807, 2.05) is 0 Å². The maximum atomic E-state index is 13.6. The fourth-order valence-corrected chi connectivity index (χ4v) is 2.65. The molecule has 20 heavy (non-hydrogen) atoms. The normalized spacial score (nSPS) is 18.6. The zero-order valence-electron chi connectivity index (χ0n) is 10.6. The minimum Gasteiger partial charge on any atom is -0.480 e. The first kappa shape index (κ1) is 12.7. The molecule has 2 aromatic rings. The Bertz CT molecular complexity index is 695. The molecule has 0 aliphatic carbocycles. The highest BCUT2D eigenvalue weighted by Crippen LogP contribution is 2.23. The van der Waals surface area contributed by atoms with Crippen molar-refractivity contribution in [3.8, 4) is 0 Å². The number of hydrogen-bond donors (Lipinski definition) is 2. The molecule has 0 bridgehead atoms.